The molecule has 12 rings (SSSR count). The molecule has 0 bridgehead atoms. The highest BCUT2D eigenvalue weighted by Gasteiger charge is 2.27. The Labute approximate surface area is 343 Å². The maximum absolute atomic E-state index is 6.60. The fourth-order valence-corrected chi connectivity index (χ4v) is 11.3. The summed E-state index contributed by atoms with van der Waals surface area (Å²) in [5, 5.41) is 7.18. The van der Waals surface area contributed by atoms with Crippen LogP contribution in [-0.4, -0.2) is 0 Å². The molecule has 3 heterocycles. The molecule has 272 valence electrons. The van der Waals surface area contributed by atoms with Gasteiger partial charge in [-0.2, -0.15) is 0 Å². The van der Waals surface area contributed by atoms with E-state index in [1.165, 1.54) is 73.7 Å². The van der Waals surface area contributed by atoms with Gasteiger partial charge in [0.15, 0.2) is 0 Å². The molecule has 0 atom stereocenters. The van der Waals surface area contributed by atoms with Crippen LogP contribution in [0, 0.1) is 0 Å². The standard InChI is InChI=1S/C54H33NOS2/c1-4-15-34(16-5-1)37-27-28-42-49(32-37)57-50-33-38(35-17-6-2-7-18-35)31-45(52(42)50)55(43-23-14-25-47-51(43)40-21-10-12-24-46(40)56-47)44-30-29-39(36-19-8-3-9-20-36)54-53(44)41-22-11-13-26-48(41)58-54/h1-33H. The molecule has 0 saturated heterocycles. The molecule has 0 aliphatic heterocycles. The van der Waals surface area contributed by atoms with Crippen molar-refractivity contribution in [2.45, 2.75) is 0 Å². The van der Waals surface area contributed by atoms with Crippen molar-refractivity contribution in [3.8, 4) is 33.4 Å². The lowest BCUT2D eigenvalue weighted by molar-refractivity contribution is 0.669. The van der Waals surface area contributed by atoms with Crippen molar-refractivity contribution >= 4 is 102 Å². The Balaban J connectivity index is 1.24. The molecular formula is C54H33NOS2. The van der Waals surface area contributed by atoms with Crippen LogP contribution in [0.25, 0.3) is 95.7 Å². The van der Waals surface area contributed by atoms with Crippen LogP contribution in [0.1, 0.15) is 0 Å². The summed E-state index contributed by atoms with van der Waals surface area (Å²) in [7, 11) is 0. The zero-order valence-corrected chi connectivity index (χ0v) is 32.9. The fourth-order valence-electron chi connectivity index (χ4n) is 8.84. The molecule has 0 fully saturated rings. The van der Waals surface area contributed by atoms with E-state index in [2.05, 4.69) is 205 Å². The SMILES string of the molecule is c1ccc(-c2ccc3c(c2)sc2cc(-c4ccccc4)cc(N(c4cccc5oc6ccccc6c45)c4ccc(-c5ccccc5)c5sc6ccccc6c45)c23)cc1. The van der Waals surface area contributed by atoms with Gasteiger partial charge in [0.25, 0.3) is 0 Å². The summed E-state index contributed by atoms with van der Waals surface area (Å²) < 4.78 is 11.7. The van der Waals surface area contributed by atoms with E-state index < -0.39 is 0 Å². The number of nitrogens with zero attached hydrogens (tertiary/aromatic N) is 1. The van der Waals surface area contributed by atoms with E-state index in [0.717, 1.165) is 39.0 Å². The number of furan rings is 1. The van der Waals surface area contributed by atoms with Crippen LogP contribution in [0.2, 0.25) is 0 Å². The third-order valence-electron chi connectivity index (χ3n) is 11.5. The van der Waals surface area contributed by atoms with E-state index in [1.54, 1.807) is 0 Å². The molecule has 9 aromatic carbocycles. The van der Waals surface area contributed by atoms with Crippen molar-refractivity contribution in [3.63, 3.8) is 0 Å². The summed E-state index contributed by atoms with van der Waals surface area (Å²) in [6, 6.07) is 72.7. The lowest BCUT2D eigenvalue weighted by Gasteiger charge is -2.29. The first kappa shape index (κ1) is 33.2. The molecule has 0 unspecified atom stereocenters. The highest BCUT2D eigenvalue weighted by atomic mass is 32.1. The normalized spacial score (nSPS) is 11.8. The van der Waals surface area contributed by atoms with Gasteiger partial charge in [-0.25, -0.2) is 0 Å². The first-order chi connectivity index (χ1) is 28.8. The number of para-hydroxylation sites is 1. The van der Waals surface area contributed by atoms with Crippen LogP contribution in [0.3, 0.4) is 0 Å². The fraction of sp³-hybridized carbons (Fsp3) is 0. The Morgan fingerprint density at radius 1 is 0.328 bits per heavy atom. The van der Waals surface area contributed by atoms with E-state index in [-0.39, 0.29) is 0 Å². The van der Waals surface area contributed by atoms with Crippen LogP contribution in [0.4, 0.5) is 17.1 Å². The quantitative estimate of drug-likeness (QED) is 0.167. The van der Waals surface area contributed by atoms with Crippen molar-refractivity contribution in [1.82, 2.24) is 0 Å². The predicted molar refractivity (Wildman–Crippen MR) is 250 cm³/mol. The van der Waals surface area contributed by atoms with E-state index in [4.69, 9.17) is 4.42 Å². The van der Waals surface area contributed by atoms with Gasteiger partial charge in [0, 0.05) is 45.7 Å². The predicted octanol–water partition coefficient (Wildman–Crippen LogP) is 16.8. The smallest absolute Gasteiger partial charge is 0.137 e. The molecule has 3 aromatic heterocycles. The Kier molecular flexibility index (Phi) is 7.62. The monoisotopic (exact) mass is 775 g/mol. The van der Waals surface area contributed by atoms with Crippen molar-refractivity contribution in [1.29, 1.82) is 0 Å². The highest BCUT2D eigenvalue weighted by Crippen LogP contribution is 2.54. The molecule has 0 aliphatic rings. The highest BCUT2D eigenvalue weighted by molar-refractivity contribution is 7.26. The van der Waals surface area contributed by atoms with Gasteiger partial charge in [-0.05, 0) is 81.9 Å². The van der Waals surface area contributed by atoms with E-state index in [0.29, 0.717) is 0 Å². The summed E-state index contributed by atoms with van der Waals surface area (Å²) >= 11 is 3.75. The van der Waals surface area contributed by atoms with Gasteiger partial charge >= 0.3 is 0 Å². The minimum atomic E-state index is 0.870. The summed E-state index contributed by atoms with van der Waals surface area (Å²) in [5.41, 5.74) is 12.4. The largest absolute Gasteiger partial charge is 0.456 e. The Hall–Kier alpha value is -6.98. The lowest BCUT2D eigenvalue weighted by atomic mass is 9.97. The van der Waals surface area contributed by atoms with Gasteiger partial charge in [-0.1, -0.05) is 152 Å². The number of hydrogen-bond acceptors (Lipinski definition) is 4. The summed E-state index contributed by atoms with van der Waals surface area (Å²) in [5.74, 6) is 0. The van der Waals surface area contributed by atoms with Gasteiger partial charge < -0.3 is 9.32 Å². The first-order valence-corrected chi connectivity index (χ1v) is 21.2. The number of thiophene rings is 2. The number of rotatable bonds is 6. The van der Waals surface area contributed by atoms with Crippen molar-refractivity contribution in [2.24, 2.45) is 0 Å². The van der Waals surface area contributed by atoms with Gasteiger partial charge in [-0.15, -0.1) is 22.7 Å². The Morgan fingerprint density at radius 3 is 1.74 bits per heavy atom. The van der Waals surface area contributed by atoms with Crippen molar-refractivity contribution in [3.05, 3.63) is 200 Å². The molecule has 0 amide bonds. The van der Waals surface area contributed by atoms with E-state index in [1.807, 2.05) is 22.7 Å². The second-order valence-electron chi connectivity index (χ2n) is 14.8. The van der Waals surface area contributed by atoms with Crippen LogP contribution in [-0.2, 0) is 0 Å². The molecule has 12 aromatic rings. The molecular weight excluding hydrogens is 743 g/mol. The summed E-state index contributed by atoms with van der Waals surface area (Å²) in [6.45, 7) is 0. The second kappa shape index (κ2) is 13.3. The van der Waals surface area contributed by atoms with Gasteiger partial charge in [-0.3, -0.25) is 0 Å². The average Bonchev–Trinajstić information content (AvgIpc) is 3.99. The summed E-state index contributed by atoms with van der Waals surface area (Å²) in [4.78, 5) is 2.55. The molecule has 0 radical (unpaired) electrons. The summed E-state index contributed by atoms with van der Waals surface area (Å²) in [6.07, 6.45) is 0. The van der Waals surface area contributed by atoms with E-state index in [9.17, 15) is 0 Å². The molecule has 58 heavy (non-hydrogen) atoms. The zero-order valence-electron chi connectivity index (χ0n) is 31.2. The van der Waals surface area contributed by atoms with Crippen LogP contribution in [0.15, 0.2) is 205 Å². The lowest BCUT2D eigenvalue weighted by Crippen LogP contribution is -2.11. The maximum atomic E-state index is 6.60. The van der Waals surface area contributed by atoms with Gasteiger partial charge in [0.1, 0.15) is 11.2 Å². The Bertz CT molecular complexity index is 3510. The van der Waals surface area contributed by atoms with Crippen molar-refractivity contribution in [2.75, 3.05) is 4.90 Å². The van der Waals surface area contributed by atoms with Crippen molar-refractivity contribution < 1.29 is 4.42 Å². The molecule has 4 heteroatoms. The molecule has 0 N–H and O–H groups in total. The van der Waals surface area contributed by atoms with Crippen LogP contribution >= 0.6 is 22.7 Å². The molecule has 0 spiro atoms. The topological polar surface area (TPSA) is 16.4 Å². The number of benzene rings is 9. The van der Waals surface area contributed by atoms with Crippen LogP contribution in [0.5, 0.6) is 0 Å². The molecule has 0 saturated carbocycles. The third-order valence-corrected chi connectivity index (χ3v) is 13.8. The molecule has 2 nitrogen and oxygen atoms in total. The van der Waals surface area contributed by atoms with E-state index >= 15 is 0 Å². The van der Waals surface area contributed by atoms with Crippen LogP contribution < -0.4 is 4.90 Å². The number of anilines is 3. The number of hydrogen-bond donors (Lipinski definition) is 0. The van der Waals surface area contributed by atoms with Gasteiger partial charge in [0.05, 0.1) is 22.4 Å². The number of fused-ring (bicyclic) bond motifs is 9. The minimum Gasteiger partial charge on any atom is -0.456 e. The maximum Gasteiger partial charge on any atom is 0.137 e. The minimum absolute atomic E-state index is 0.870. The third kappa shape index (κ3) is 5.23. The Morgan fingerprint density at radius 2 is 0.948 bits per heavy atom. The molecule has 0 aliphatic carbocycles. The zero-order chi connectivity index (χ0) is 38.2. The second-order valence-corrected chi connectivity index (χ2v) is 16.9. The average molecular weight is 776 g/mol. The van der Waals surface area contributed by atoms with Gasteiger partial charge in [0.2, 0.25) is 0 Å². The first-order valence-electron chi connectivity index (χ1n) is 19.6.